The number of amides is 1. The van der Waals surface area contributed by atoms with E-state index in [-0.39, 0.29) is 34.8 Å². The zero-order valence-electron chi connectivity index (χ0n) is 31.8. The first-order valence-electron chi connectivity index (χ1n) is 19.0. The second-order valence-corrected chi connectivity index (χ2v) is 15.2. The minimum Gasteiger partial charge on any atom is -0.494 e. The number of fused-ring (bicyclic) bond motifs is 1. The molecular formula is C45H41N5O8S. The number of hydrogen-bond acceptors (Lipinski definition) is 10. The molecule has 3 N–H and O–H groups in total. The van der Waals surface area contributed by atoms with E-state index >= 15 is 0 Å². The van der Waals surface area contributed by atoms with Crippen LogP contribution in [-0.4, -0.2) is 70.3 Å². The van der Waals surface area contributed by atoms with Crippen molar-refractivity contribution in [2.75, 3.05) is 18.6 Å². The second-order valence-electron chi connectivity index (χ2n) is 13.8. The Morgan fingerprint density at radius 3 is 2.22 bits per heavy atom. The van der Waals surface area contributed by atoms with Crippen LogP contribution in [0.5, 0.6) is 11.6 Å². The van der Waals surface area contributed by atoms with Crippen molar-refractivity contribution in [3.63, 3.8) is 0 Å². The van der Waals surface area contributed by atoms with Gasteiger partial charge in [0.2, 0.25) is 5.88 Å². The number of carbonyl (C=O) groups excluding carboxylic acids is 1. The van der Waals surface area contributed by atoms with E-state index in [1.165, 1.54) is 47.6 Å². The number of carboxylic acids is 1. The molecule has 1 aliphatic rings. The van der Waals surface area contributed by atoms with Gasteiger partial charge >= 0.3 is 5.97 Å². The Hall–Kier alpha value is -6.90. The maximum atomic E-state index is 13.6. The average molecular weight is 812 g/mol. The first-order chi connectivity index (χ1) is 28.6. The number of carbonyl (C=O) groups is 2. The van der Waals surface area contributed by atoms with Crippen molar-refractivity contribution < 1.29 is 37.1 Å². The third kappa shape index (κ3) is 10.3. The molecule has 7 rings (SSSR count). The van der Waals surface area contributed by atoms with Crippen LogP contribution < -0.4 is 14.9 Å². The molecule has 2 aromatic heterocycles. The summed E-state index contributed by atoms with van der Waals surface area (Å²) < 4.78 is 44.9. The van der Waals surface area contributed by atoms with Gasteiger partial charge in [-0.05, 0) is 77.9 Å². The largest absolute Gasteiger partial charge is 0.494 e. The van der Waals surface area contributed by atoms with Crippen LogP contribution in [0.2, 0.25) is 0 Å². The van der Waals surface area contributed by atoms with Crippen molar-refractivity contribution in [1.82, 2.24) is 14.9 Å². The molecule has 13 nitrogen and oxygen atoms in total. The predicted octanol–water partition coefficient (Wildman–Crippen LogP) is 7.78. The van der Waals surface area contributed by atoms with E-state index in [9.17, 15) is 27.7 Å². The highest BCUT2D eigenvalue weighted by atomic mass is 32.2. The number of hydrogen-bond donors (Lipinski definition) is 3. The van der Waals surface area contributed by atoms with Gasteiger partial charge in [0.05, 0.1) is 30.7 Å². The number of hydrazone groups is 1. The molecule has 1 aliphatic heterocycles. The standard InChI is InChI=1S/C45H41N5O8S/c51-44(35-19-21-42(46-28-35)49-47-29-34-16-8-9-17-41(34)59(54,55)56)50-30-37-24-38(20-18-33(37)26-40(50)45(52)53)57-22-10-3-11-23-58-43-27-36(31-12-4-1-5-13-31)25-39(48-43)32-14-6-2-7-15-32/h1-2,4-9,12-21,24-25,27-29,40H,3,10-11,22-23,26,30H2,(H,46,49)(H,52,53)(H,54,55,56)/b47-29+. The quantitative estimate of drug-likeness (QED) is 0.0376. The van der Waals surface area contributed by atoms with Gasteiger partial charge in [0.1, 0.15) is 22.5 Å². The fourth-order valence-corrected chi connectivity index (χ4v) is 7.38. The number of ether oxygens (including phenoxy) is 2. The lowest BCUT2D eigenvalue weighted by molar-refractivity contribution is -0.142. The van der Waals surface area contributed by atoms with E-state index in [0.717, 1.165) is 52.8 Å². The molecule has 0 bridgehead atoms. The summed E-state index contributed by atoms with van der Waals surface area (Å²) in [5.74, 6) is -0.162. The van der Waals surface area contributed by atoms with Crippen LogP contribution in [-0.2, 0) is 27.9 Å². The lowest BCUT2D eigenvalue weighted by Crippen LogP contribution is -2.48. The molecule has 1 amide bonds. The van der Waals surface area contributed by atoms with Crippen molar-refractivity contribution in [2.45, 2.75) is 43.2 Å². The van der Waals surface area contributed by atoms with Gasteiger partial charge in [0, 0.05) is 36.4 Å². The highest BCUT2D eigenvalue weighted by Crippen LogP contribution is 2.30. The molecule has 0 saturated heterocycles. The molecule has 0 saturated carbocycles. The summed E-state index contributed by atoms with van der Waals surface area (Å²) >= 11 is 0. The Morgan fingerprint density at radius 2 is 1.51 bits per heavy atom. The monoisotopic (exact) mass is 811 g/mol. The molecule has 0 fully saturated rings. The maximum Gasteiger partial charge on any atom is 0.326 e. The summed E-state index contributed by atoms with van der Waals surface area (Å²) in [6.45, 7) is 1.05. The topological polar surface area (TPSA) is 181 Å². The van der Waals surface area contributed by atoms with Gasteiger partial charge in [-0.1, -0.05) is 84.9 Å². The zero-order chi connectivity index (χ0) is 41.2. The number of rotatable bonds is 16. The Kier molecular flexibility index (Phi) is 12.7. The van der Waals surface area contributed by atoms with Crippen molar-refractivity contribution in [3.05, 3.63) is 156 Å². The second kappa shape index (κ2) is 18.6. The van der Waals surface area contributed by atoms with Crippen LogP contribution >= 0.6 is 0 Å². The van der Waals surface area contributed by atoms with Crippen LogP contribution in [0.4, 0.5) is 5.82 Å². The van der Waals surface area contributed by atoms with Gasteiger partial charge in [-0.2, -0.15) is 13.5 Å². The molecule has 4 aromatic carbocycles. The van der Waals surface area contributed by atoms with E-state index in [4.69, 9.17) is 14.5 Å². The minimum absolute atomic E-state index is 0.0721. The summed E-state index contributed by atoms with van der Waals surface area (Å²) in [5, 5.41) is 14.0. The minimum atomic E-state index is -4.45. The van der Waals surface area contributed by atoms with Crippen molar-refractivity contribution in [3.8, 4) is 34.0 Å². The average Bonchev–Trinajstić information content (AvgIpc) is 3.26. The third-order valence-electron chi connectivity index (χ3n) is 9.73. The van der Waals surface area contributed by atoms with Crippen molar-refractivity contribution in [1.29, 1.82) is 0 Å². The molecule has 1 unspecified atom stereocenters. The van der Waals surface area contributed by atoms with Crippen LogP contribution in [0.25, 0.3) is 22.4 Å². The summed E-state index contributed by atoms with van der Waals surface area (Å²) in [4.78, 5) is 36.0. The number of aromatic nitrogens is 2. The summed E-state index contributed by atoms with van der Waals surface area (Å²) in [6.07, 6.45) is 5.13. The van der Waals surface area contributed by atoms with Crippen LogP contribution in [0, 0.1) is 0 Å². The first-order valence-corrected chi connectivity index (χ1v) is 20.4. The van der Waals surface area contributed by atoms with Gasteiger partial charge in [-0.3, -0.25) is 14.8 Å². The lowest BCUT2D eigenvalue weighted by Gasteiger charge is -2.34. The molecule has 14 heteroatoms. The maximum absolute atomic E-state index is 13.6. The first kappa shape index (κ1) is 40.3. The normalized spacial score (nSPS) is 13.8. The molecule has 6 aromatic rings. The number of pyridine rings is 2. The summed E-state index contributed by atoms with van der Waals surface area (Å²) in [5.41, 5.74) is 8.61. The van der Waals surface area contributed by atoms with Gasteiger partial charge < -0.3 is 19.5 Å². The molecular weight excluding hydrogens is 771 g/mol. The predicted molar refractivity (Wildman–Crippen MR) is 223 cm³/mol. The number of aliphatic carboxylic acids is 1. The number of nitrogens with zero attached hydrogens (tertiary/aromatic N) is 4. The van der Waals surface area contributed by atoms with E-state index in [1.807, 2.05) is 72.8 Å². The van der Waals surface area contributed by atoms with Crippen LogP contribution in [0.1, 0.15) is 46.3 Å². The van der Waals surface area contributed by atoms with Crippen molar-refractivity contribution >= 4 is 34.0 Å². The Labute approximate surface area is 341 Å². The Balaban J connectivity index is 0.911. The van der Waals surface area contributed by atoms with E-state index < -0.39 is 28.0 Å². The third-order valence-corrected chi connectivity index (χ3v) is 10.7. The zero-order valence-corrected chi connectivity index (χ0v) is 32.7. The fraction of sp³-hybridized carbons (Fsp3) is 0.178. The molecule has 0 spiro atoms. The Morgan fingerprint density at radius 1 is 0.797 bits per heavy atom. The number of unbranched alkanes of at least 4 members (excludes halogenated alkanes) is 2. The van der Waals surface area contributed by atoms with Crippen molar-refractivity contribution in [2.24, 2.45) is 5.10 Å². The Bertz CT molecular complexity index is 2500. The van der Waals surface area contributed by atoms with Gasteiger partial charge in [-0.25, -0.2) is 14.8 Å². The SMILES string of the molecule is O=C(O)C1Cc2ccc(OCCCCCOc3cc(-c4ccccc4)cc(-c4ccccc4)n3)cc2CN1C(=O)c1ccc(N/N=C/c2ccccc2S(=O)(=O)O)nc1. The van der Waals surface area contributed by atoms with Gasteiger partial charge in [0.15, 0.2) is 0 Å². The highest BCUT2D eigenvalue weighted by molar-refractivity contribution is 7.86. The smallest absolute Gasteiger partial charge is 0.326 e. The summed E-state index contributed by atoms with van der Waals surface area (Å²) in [6, 6.07) is 37.5. The van der Waals surface area contributed by atoms with Crippen LogP contribution in [0.15, 0.2) is 144 Å². The van der Waals surface area contributed by atoms with E-state index in [2.05, 4.69) is 33.7 Å². The lowest BCUT2D eigenvalue weighted by atomic mass is 9.93. The molecule has 3 heterocycles. The van der Waals surface area contributed by atoms with E-state index in [0.29, 0.717) is 24.8 Å². The molecule has 0 radical (unpaired) electrons. The summed E-state index contributed by atoms with van der Waals surface area (Å²) in [7, 11) is -4.45. The number of anilines is 1. The molecule has 300 valence electrons. The highest BCUT2D eigenvalue weighted by Gasteiger charge is 2.35. The molecule has 59 heavy (non-hydrogen) atoms. The van der Waals surface area contributed by atoms with Gasteiger partial charge in [0.25, 0.3) is 16.0 Å². The fourth-order valence-electron chi connectivity index (χ4n) is 6.71. The molecule has 0 aliphatic carbocycles. The number of benzene rings is 4. The number of nitrogens with one attached hydrogen (secondary N) is 1. The number of carboxylic acid groups (broad SMARTS) is 1. The molecule has 1 atom stereocenters. The van der Waals surface area contributed by atoms with Crippen LogP contribution in [0.3, 0.4) is 0 Å². The van der Waals surface area contributed by atoms with E-state index in [1.54, 1.807) is 6.07 Å². The van der Waals surface area contributed by atoms with Gasteiger partial charge in [-0.15, -0.1) is 0 Å².